The normalized spacial score (nSPS) is 38.8. The van der Waals surface area contributed by atoms with Crippen molar-refractivity contribution in [3.05, 3.63) is 0 Å². The molecule has 0 aromatic heterocycles. The Morgan fingerprint density at radius 2 is 1.62 bits per heavy atom. The van der Waals surface area contributed by atoms with Gasteiger partial charge in [0.05, 0.1) is 13.2 Å². The summed E-state index contributed by atoms with van der Waals surface area (Å²) in [7, 11) is 2.18. The van der Waals surface area contributed by atoms with Crippen LogP contribution in [0.2, 0.25) is 0 Å². The lowest BCUT2D eigenvalue weighted by atomic mass is 9.91. The molecule has 3 nitrogen and oxygen atoms in total. The largest absolute Gasteiger partial charge is 0.378 e. The molecule has 3 atom stereocenters. The lowest BCUT2D eigenvalue weighted by Crippen LogP contribution is -2.57. The summed E-state index contributed by atoms with van der Waals surface area (Å²) in [6, 6.07) is 1.57. The summed E-state index contributed by atoms with van der Waals surface area (Å²) in [4.78, 5) is 2.42. The fourth-order valence-electron chi connectivity index (χ4n) is 2.14. The van der Waals surface area contributed by atoms with E-state index < -0.39 is 0 Å². The molecule has 2 aliphatic rings. The van der Waals surface area contributed by atoms with Crippen LogP contribution in [-0.2, 0) is 4.74 Å². The molecule has 2 saturated heterocycles. The van der Waals surface area contributed by atoms with Crippen molar-refractivity contribution in [1.82, 2.24) is 4.90 Å². The molecule has 2 fully saturated rings. The van der Waals surface area contributed by atoms with Crippen LogP contribution in [-0.4, -0.2) is 43.3 Å². The highest BCUT2D eigenvalue weighted by Gasteiger charge is 2.34. The maximum atomic E-state index is 5.90. The van der Waals surface area contributed by atoms with Crippen LogP contribution < -0.4 is 5.73 Å². The van der Waals surface area contributed by atoms with E-state index in [1.165, 1.54) is 0 Å². The van der Waals surface area contributed by atoms with Crippen molar-refractivity contribution in [2.45, 2.75) is 31.0 Å². The first kappa shape index (κ1) is 13.5. The van der Waals surface area contributed by atoms with Crippen molar-refractivity contribution in [3.63, 3.8) is 0 Å². The van der Waals surface area contributed by atoms with E-state index in [2.05, 4.69) is 11.9 Å². The number of piperidine rings is 1. The molecule has 0 radical (unpaired) electrons. The van der Waals surface area contributed by atoms with E-state index in [0.717, 1.165) is 26.1 Å². The van der Waals surface area contributed by atoms with E-state index in [1.807, 2.05) is 0 Å². The van der Waals surface area contributed by atoms with Crippen molar-refractivity contribution in [2.24, 2.45) is 5.73 Å². The van der Waals surface area contributed by atoms with E-state index in [4.69, 9.17) is 10.5 Å². The zero-order chi connectivity index (χ0) is 7.84. The molecule has 2 aliphatic heterocycles. The quantitative estimate of drug-likeness (QED) is 0.662. The molecule has 2 bridgehead atoms. The predicted octanol–water partition coefficient (Wildman–Crippen LogP) is 0.650. The zero-order valence-electron chi connectivity index (χ0n) is 7.81. The Morgan fingerprint density at radius 1 is 1.15 bits per heavy atom. The number of likely N-dealkylation sites (N-methyl/N-ethyl adjacent to an activating group) is 1. The highest BCUT2D eigenvalue weighted by Crippen LogP contribution is 2.24. The van der Waals surface area contributed by atoms with Crippen LogP contribution in [0.3, 0.4) is 0 Å². The molecule has 0 spiro atoms. The summed E-state index contributed by atoms with van der Waals surface area (Å²) in [5.74, 6) is 0. The first-order valence-electron chi connectivity index (χ1n) is 4.32. The van der Waals surface area contributed by atoms with E-state index in [0.29, 0.717) is 18.1 Å². The highest BCUT2D eigenvalue weighted by molar-refractivity contribution is 5.85. The number of hydrogen-bond donors (Lipinski definition) is 1. The number of ether oxygens (including phenoxy) is 1. The van der Waals surface area contributed by atoms with Crippen LogP contribution in [0.1, 0.15) is 12.8 Å². The molecule has 0 unspecified atom stereocenters. The first-order chi connectivity index (χ1) is 5.27. The number of nitrogens with zero attached hydrogens (tertiary/aromatic N) is 1. The van der Waals surface area contributed by atoms with Gasteiger partial charge in [-0.2, -0.15) is 0 Å². The summed E-state index contributed by atoms with van der Waals surface area (Å²) in [6.07, 6.45) is 2.21. The molecule has 2 rings (SSSR count). The van der Waals surface area contributed by atoms with Gasteiger partial charge < -0.3 is 10.5 Å². The van der Waals surface area contributed by atoms with Gasteiger partial charge in [-0.3, -0.25) is 4.90 Å². The van der Waals surface area contributed by atoms with Gasteiger partial charge in [0.1, 0.15) is 0 Å². The average Bonchev–Trinajstić information content (AvgIpc) is 1.92. The van der Waals surface area contributed by atoms with Gasteiger partial charge in [0, 0.05) is 18.1 Å². The van der Waals surface area contributed by atoms with Gasteiger partial charge >= 0.3 is 0 Å². The maximum absolute atomic E-state index is 5.90. The lowest BCUT2D eigenvalue weighted by Gasteiger charge is -2.45. The van der Waals surface area contributed by atoms with Crippen LogP contribution in [0.25, 0.3) is 0 Å². The van der Waals surface area contributed by atoms with Crippen LogP contribution >= 0.6 is 24.8 Å². The molecule has 0 aliphatic carbocycles. The number of nitrogens with two attached hydrogens (primary N) is 1. The van der Waals surface area contributed by atoms with Crippen molar-refractivity contribution in [2.75, 3.05) is 20.3 Å². The third-order valence-corrected chi connectivity index (χ3v) is 2.92. The second kappa shape index (κ2) is 5.37. The van der Waals surface area contributed by atoms with Crippen molar-refractivity contribution < 1.29 is 4.74 Å². The second-order valence-electron chi connectivity index (χ2n) is 3.74. The van der Waals surface area contributed by atoms with E-state index in [-0.39, 0.29) is 24.8 Å². The molecule has 2 N–H and O–H groups in total. The van der Waals surface area contributed by atoms with Gasteiger partial charge in [-0.25, -0.2) is 0 Å². The Hall–Kier alpha value is 0.460. The first-order valence-corrected chi connectivity index (χ1v) is 4.32. The standard InChI is InChI=1S/C8H16N2O.2ClH/c1-10-7-2-6(9)3-8(10)5-11-4-7;;/h6-8H,2-5,9H2,1H3;2*1H/t6-,7+,8-;;. The Balaban J connectivity index is 0.000000720. The summed E-state index contributed by atoms with van der Waals surface area (Å²) in [5, 5.41) is 0. The van der Waals surface area contributed by atoms with E-state index in [1.54, 1.807) is 0 Å². The topological polar surface area (TPSA) is 38.5 Å². The monoisotopic (exact) mass is 228 g/mol. The van der Waals surface area contributed by atoms with Gasteiger partial charge in [-0.1, -0.05) is 0 Å². The summed E-state index contributed by atoms with van der Waals surface area (Å²) < 4.78 is 5.46. The van der Waals surface area contributed by atoms with Crippen LogP contribution in [0.4, 0.5) is 0 Å². The van der Waals surface area contributed by atoms with Crippen molar-refractivity contribution in [3.8, 4) is 0 Å². The molecule has 13 heavy (non-hydrogen) atoms. The Morgan fingerprint density at radius 3 is 2.08 bits per heavy atom. The zero-order valence-corrected chi connectivity index (χ0v) is 9.44. The smallest absolute Gasteiger partial charge is 0.0623 e. The molecule has 0 aromatic carbocycles. The van der Waals surface area contributed by atoms with Crippen LogP contribution in [0.15, 0.2) is 0 Å². The average molecular weight is 229 g/mol. The van der Waals surface area contributed by atoms with Gasteiger partial charge in [0.15, 0.2) is 0 Å². The van der Waals surface area contributed by atoms with Crippen molar-refractivity contribution in [1.29, 1.82) is 0 Å². The number of halogens is 2. The van der Waals surface area contributed by atoms with Crippen molar-refractivity contribution >= 4 is 24.8 Å². The number of hydrogen-bond acceptors (Lipinski definition) is 3. The molecule has 2 heterocycles. The molecule has 5 heteroatoms. The number of rotatable bonds is 0. The molecule has 80 valence electrons. The fourth-order valence-corrected chi connectivity index (χ4v) is 2.14. The van der Waals surface area contributed by atoms with Gasteiger partial charge in [-0.15, -0.1) is 24.8 Å². The molecule has 0 amide bonds. The Kier molecular flexibility index (Phi) is 5.56. The molecule has 0 aromatic rings. The fraction of sp³-hybridized carbons (Fsp3) is 1.00. The minimum absolute atomic E-state index is 0. The minimum Gasteiger partial charge on any atom is -0.378 e. The lowest BCUT2D eigenvalue weighted by molar-refractivity contribution is -0.0644. The van der Waals surface area contributed by atoms with Gasteiger partial charge in [0.2, 0.25) is 0 Å². The van der Waals surface area contributed by atoms with E-state index >= 15 is 0 Å². The Labute approximate surface area is 91.8 Å². The molecular formula is C8H18Cl2N2O. The maximum Gasteiger partial charge on any atom is 0.0623 e. The Bertz CT molecular complexity index is 145. The summed E-state index contributed by atoms with van der Waals surface area (Å²) in [5.41, 5.74) is 5.90. The predicted molar refractivity (Wildman–Crippen MR) is 57.9 cm³/mol. The third-order valence-electron chi connectivity index (χ3n) is 2.92. The SMILES string of the molecule is CN1[C@@H]2COC[C@H]1C[C@H](N)C2.Cl.Cl. The number of morpholine rings is 1. The van der Waals surface area contributed by atoms with Gasteiger partial charge in [-0.05, 0) is 19.9 Å². The van der Waals surface area contributed by atoms with Crippen LogP contribution in [0, 0.1) is 0 Å². The van der Waals surface area contributed by atoms with E-state index in [9.17, 15) is 0 Å². The second-order valence-corrected chi connectivity index (χ2v) is 3.74. The molecule has 0 saturated carbocycles. The summed E-state index contributed by atoms with van der Waals surface area (Å²) in [6.45, 7) is 1.75. The summed E-state index contributed by atoms with van der Waals surface area (Å²) >= 11 is 0. The molecular weight excluding hydrogens is 211 g/mol. The van der Waals surface area contributed by atoms with Crippen LogP contribution in [0.5, 0.6) is 0 Å². The van der Waals surface area contributed by atoms with Gasteiger partial charge in [0.25, 0.3) is 0 Å². The third kappa shape index (κ3) is 2.70. The minimum atomic E-state index is 0. The number of fused-ring (bicyclic) bond motifs is 2. The highest BCUT2D eigenvalue weighted by atomic mass is 35.5.